The molecule has 1 aliphatic rings. The van der Waals surface area contributed by atoms with E-state index in [1.807, 2.05) is 6.07 Å². The van der Waals surface area contributed by atoms with Crippen molar-refractivity contribution >= 4 is 43.2 Å². The van der Waals surface area contributed by atoms with Crippen molar-refractivity contribution in [2.45, 2.75) is 44.9 Å². The van der Waals surface area contributed by atoms with Crippen molar-refractivity contribution in [1.29, 1.82) is 0 Å². The molecule has 1 atom stereocenters. The van der Waals surface area contributed by atoms with Gasteiger partial charge in [-0.05, 0) is 74.4 Å². The Bertz CT molecular complexity index is 835. The summed E-state index contributed by atoms with van der Waals surface area (Å²) in [5.74, 6) is 1.97. The SMILES string of the molecule is CCCCCC1CCNc2ccc(Oc3c(Br)cc([N+](=O)OC)cc3Br)cc21. The number of ether oxygens (including phenoxy) is 1. The van der Waals surface area contributed by atoms with Crippen LogP contribution in [0, 0.1) is 4.91 Å². The molecule has 0 aromatic heterocycles. The third-order valence-corrected chi connectivity index (χ3v) is 6.18. The fraction of sp³-hybridized carbons (Fsp3) is 0.429. The molecule has 0 aliphatic carbocycles. The number of nitrogens with zero attached hydrogens (tertiary/aromatic N) is 1. The van der Waals surface area contributed by atoms with Crippen LogP contribution in [0.15, 0.2) is 39.3 Å². The molecular formula is C21H25Br2N2O3+. The number of fused-ring (bicyclic) bond motifs is 1. The highest BCUT2D eigenvalue weighted by molar-refractivity contribution is 9.11. The molecule has 5 nitrogen and oxygen atoms in total. The van der Waals surface area contributed by atoms with Gasteiger partial charge in [0, 0.05) is 24.4 Å². The summed E-state index contributed by atoms with van der Waals surface area (Å²) in [4.78, 5) is 16.9. The van der Waals surface area contributed by atoms with E-state index in [1.165, 1.54) is 44.0 Å². The van der Waals surface area contributed by atoms with Gasteiger partial charge in [0.1, 0.15) is 5.75 Å². The summed E-state index contributed by atoms with van der Waals surface area (Å²) in [5.41, 5.74) is 2.91. The van der Waals surface area contributed by atoms with Crippen LogP contribution in [0.5, 0.6) is 11.5 Å². The van der Waals surface area contributed by atoms with Crippen molar-refractivity contribution in [3.63, 3.8) is 0 Å². The second-order valence-electron chi connectivity index (χ2n) is 6.94. The van der Waals surface area contributed by atoms with E-state index in [-0.39, 0.29) is 0 Å². The van der Waals surface area contributed by atoms with Crippen LogP contribution >= 0.6 is 31.9 Å². The van der Waals surface area contributed by atoms with Gasteiger partial charge in [-0.15, -0.1) is 0 Å². The predicted molar refractivity (Wildman–Crippen MR) is 119 cm³/mol. The van der Waals surface area contributed by atoms with Gasteiger partial charge in [-0.3, -0.25) is 0 Å². The normalized spacial score (nSPS) is 15.5. The third kappa shape index (κ3) is 4.87. The second kappa shape index (κ2) is 9.74. The summed E-state index contributed by atoms with van der Waals surface area (Å²) in [5, 5.41) is 3.49. The minimum atomic E-state index is 0.374. The van der Waals surface area contributed by atoms with Gasteiger partial charge >= 0.3 is 5.69 Å². The third-order valence-electron chi connectivity index (χ3n) is 5.01. The van der Waals surface area contributed by atoms with E-state index >= 15 is 0 Å². The number of hydrogen-bond acceptors (Lipinski definition) is 4. The Morgan fingerprint density at radius 1 is 1.18 bits per heavy atom. The van der Waals surface area contributed by atoms with Crippen molar-refractivity contribution in [3.8, 4) is 11.5 Å². The first-order valence-electron chi connectivity index (χ1n) is 9.59. The average molecular weight is 513 g/mol. The lowest BCUT2D eigenvalue weighted by atomic mass is 9.86. The Labute approximate surface area is 182 Å². The predicted octanol–water partition coefficient (Wildman–Crippen LogP) is 7.46. The Balaban J connectivity index is 1.84. The molecule has 0 saturated heterocycles. The van der Waals surface area contributed by atoms with Gasteiger partial charge in [0.25, 0.3) is 4.92 Å². The van der Waals surface area contributed by atoms with Crippen molar-refractivity contribution < 1.29 is 14.5 Å². The van der Waals surface area contributed by atoms with Crippen LogP contribution < -0.4 is 10.1 Å². The molecule has 0 fully saturated rings. The molecule has 7 heteroatoms. The first kappa shape index (κ1) is 21.1. The summed E-state index contributed by atoms with van der Waals surface area (Å²) in [6.45, 7) is 3.26. The molecule has 2 aromatic rings. The minimum Gasteiger partial charge on any atom is -0.455 e. The molecule has 0 spiro atoms. The average Bonchev–Trinajstić information content (AvgIpc) is 2.70. The molecule has 1 N–H and O–H groups in total. The monoisotopic (exact) mass is 511 g/mol. The summed E-state index contributed by atoms with van der Waals surface area (Å²) < 4.78 is 7.51. The van der Waals surface area contributed by atoms with E-state index in [0.717, 1.165) is 18.7 Å². The van der Waals surface area contributed by atoms with Crippen molar-refractivity contribution in [1.82, 2.24) is 0 Å². The molecule has 1 unspecified atom stereocenters. The lowest BCUT2D eigenvalue weighted by Crippen LogP contribution is -2.16. The Morgan fingerprint density at radius 2 is 1.93 bits per heavy atom. The zero-order valence-electron chi connectivity index (χ0n) is 16.1. The molecule has 0 radical (unpaired) electrons. The smallest absolute Gasteiger partial charge is 0.319 e. The van der Waals surface area contributed by atoms with Crippen LogP contribution in [0.3, 0.4) is 0 Å². The molecule has 1 aliphatic heterocycles. The van der Waals surface area contributed by atoms with Crippen LogP contribution in [0.2, 0.25) is 0 Å². The first-order valence-corrected chi connectivity index (χ1v) is 11.2. The van der Waals surface area contributed by atoms with E-state index in [1.54, 1.807) is 12.1 Å². The number of unbranched alkanes of at least 4 members (excludes halogenated alkanes) is 2. The summed E-state index contributed by atoms with van der Waals surface area (Å²) in [6.07, 6.45) is 6.14. The summed E-state index contributed by atoms with van der Waals surface area (Å²) in [6, 6.07) is 9.55. The summed E-state index contributed by atoms with van der Waals surface area (Å²) in [7, 11) is 1.33. The highest BCUT2D eigenvalue weighted by Gasteiger charge is 2.23. The molecule has 28 heavy (non-hydrogen) atoms. The van der Waals surface area contributed by atoms with Gasteiger partial charge in [0.05, 0.1) is 13.9 Å². The molecule has 0 bridgehead atoms. The lowest BCUT2D eigenvalue weighted by Gasteiger charge is -2.27. The molecule has 150 valence electrons. The van der Waals surface area contributed by atoms with Crippen LogP contribution in [-0.2, 0) is 4.84 Å². The van der Waals surface area contributed by atoms with Gasteiger partial charge in [0.2, 0.25) is 0 Å². The zero-order chi connectivity index (χ0) is 20.1. The second-order valence-corrected chi connectivity index (χ2v) is 8.65. The van der Waals surface area contributed by atoms with Gasteiger partial charge in [-0.2, -0.15) is 0 Å². The van der Waals surface area contributed by atoms with E-state index in [4.69, 9.17) is 9.57 Å². The number of hydrogen-bond donors (Lipinski definition) is 1. The fourth-order valence-electron chi connectivity index (χ4n) is 3.55. The number of rotatable bonds is 8. The lowest BCUT2D eigenvalue weighted by molar-refractivity contribution is -0.736. The minimum absolute atomic E-state index is 0.374. The molecule has 0 saturated carbocycles. The van der Waals surface area contributed by atoms with Crippen LogP contribution in [-0.4, -0.2) is 18.6 Å². The highest BCUT2D eigenvalue weighted by Crippen LogP contribution is 2.42. The number of nitrogens with one attached hydrogen (secondary N) is 1. The van der Waals surface area contributed by atoms with Crippen LogP contribution in [0.1, 0.15) is 50.5 Å². The van der Waals surface area contributed by atoms with Gasteiger partial charge in [-0.25, -0.2) is 4.84 Å². The van der Waals surface area contributed by atoms with Crippen LogP contribution in [0.4, 0.5) is 11.4 Å². The molecule has 3 rings (SSSR count). The standard InChI is InChI=1S/C21H25Br2N2O3/c1-3-4-5-6-14-9-10-24-20-8-7-16(13-17(14)20)28-21-18(22)11-15(12-19(21)23)25(26)27-2/h7-8,11-14,24H,3-6,9-10H2,1-2H3/q+1. The highest BCUT2D eigenvalue weighted by atomic mass is 79.9. The number of benzene rings is 2. The van der Waals surface area contributed by atoms with Gasteiger partial charge in [0.15, 0.2) is 12.9 Å². The Kier molecular flexibility index (Phi) is 7.35. The van der Waals surface area contributed by atoms with Crippen molar-refractivity contribution in [2.24, 2.45) is 0 Å². The maximum absolute atomic E-state index is 11.7. The van der Waals surface area contributed by atoms with Crippen LogP contribution in [0.25, 0.3) is 0 Å². The van der Waals surface area contributed by atoms with Crippen molar-refractivity contribution in [2.75, 3.05) is 19.0 Å². The summed E-state index contributed by atoms with van der Waals surface area (Å²) >= 11 is 6.99. The number of anilines is 1. The largest absolute Gasteiger partial charge is 0.455 e. The van der Waals surface area contributed by atoms with E-state index in [0.29, 0.717) is 31.2 Å². The first-order chi connectivity index (χ1) is 13.5. The van der Waals surface area contributed by atoms with E-state index in [9.17, 15) is 4.91 Å². The molecular weight excluding hydrogens is 488 g/mol. The van der Waals surface area contributed by atoms with Crippen molar-refractivity contribution in [3.05, 3.63) is 49.7 Å². The molecule has 0 amide bonds. The Hall–Kier alpha value is -1.60. The fourth-order valence-corrected chi connectivity index (χ4v) is 4.88. The van der Waals surface area contributed by atoms with E-state index < -0.39 is 0 Å². The molecule has 2 aromatic carbocycles. The molecule has 1 heterocycles. The van der Waals surface area contributed by atoms with Gasteiger partial charge in [-0.1, -0.05) is 26.2 Å². The maximum atomic E-state index is 11.7. The quantitative estimate of drug-likeness (QED) is 0.294. The zero-order valence-corrected chi connectivity index (χ0v) is 19.3. The van der Waals surface area contributed by atoms with E-state index in [2.05, 4.69) is 56.2 Å². The maximum Gasteiger partial charge on any atom is 0.319 e. The Morgan fingerprint density at radius 3 is 2.61 bits per heavy atom. The topological polar surface area (TPSA) is 50.6 Å². The van der Waals surface area contributed by atoms with Gasteiger partial charge < -0.3 is 10.1 Å². The number of halogens is 2.